The van der Waals surface area contributed by atoms with E-state index >= 15 is 0 Å². The molecule has 0 aliphatic heterocycles. The monoisotopic (exact) mass is 218 g/mol. The first-order valence-electron chi connectivity index (χ1n) is 3.97. The molecule has 0 fully saturated rings. The quantitative estimate of drug-likeness (QED) is 0.706. The lowest BCUT2D eigenvalue weighted by molar-refractivity contribution is -0.133. The van der Waals surface area contributed by atoms with Crippen molar-refractivity contribution in [1.29, 1.82) is 0 Å². The van der Waals surface area contributed by atoms with E-state index in [0.29, 0.717) is 12.4 Å². The molecular weight excluding hydrogens is 208 g/mol. The summed E-state index contributed by atoms with van der Waals surface area (Å²) in [5.41, 5.74) is 0. The van der Waals surface area contributed by atoms with Gasteiger partial charge in [0.15, 0.2) is 5.82 Å². The molecule has 14 heavy (non-hydrogen) atoms. The molecule has 0 amide bonds. The van der Waals surface area contributed by atoms with Crippen LogP contribution in [0.3, 0.4) is 0 Å². The number of aromatic nitrogens is 2. The molecular formula is C7H10N2O4S. The van der Waals surface area contributed by atoms with Crippen molar-refractivity contribution < 1.29 is 19.2 Å². The fourth-order valence-corrected chi connectivity index (χ4v) is 1.18. The van der Waals surface area contributed by atoms with Crippen LogP contribution in [0.5, 0.6) is 0 Å². The van der Waals surface area contributed by atoms with E-state index in [9.17, 15) is 4.79 Å². The minimum atomic E-state index is -0.917. The van der Waals surface area contributed by atoms with Crippen molar-refractivity contribution in [3.63, 3.8) is 0 Å². The fourth-order valence-electron chi connectivity index (χ4n) is 0.672. The predicted octanol–water partition coefficient (Wildman–Crippen LogP) is 0.783. The Bertz CT molecular complexity index is 302. The first-order chi connectivity index (χ1) is 6.72. The van der Waals surface area contributed by atoms with Gasteiger partial charge in [-0.25, -0.2) is 0 Å². The van der Waals surface area contributed by atoms with Crippen LogP contribution in [0.4, 0.5) is 0 Å². The molecule has 0 atom stereocenters. The number of carboxylic acid groups (broad SMARTS) is 1. The van der Waals surface area contributed by atoms with Crippen LogP contribution in [0.15, 0.2) is 9.75 Å². The van der Waals surface area contributed by atoms with Gasteiger partial charge in [0.2, 0.25) is 0 Å². The molecule has 7 heteroatoms. The second-order valence-corrected chi connectivity index (χ2v) is 3.22. The number of carboxylic acids is 1. The zero-order chi connectivity index (χ0) is 10.4. The smallest absolute Gasteiger partial charge is 0.314 e. The Kier molecular flexibility index (Phi) is 4.41. The van der Waals surface area contributed by atoms with E-state index in [4.69, 9.17) is 14.4 Å². The third-order valence-corrected chi connectivity index (χ3v) is 2.01. The average molecular weight is 218 g/mol. The molecule has 0 aliphatic rings. The number of carbonyl (C=O) groups is 1. The summed E-state index contributed by atoms with van der Waals surface area (Å²) in [6.07, 6.45) is 0. The Balaban J connectivity index is 2.38. The highest BCUT2D eigenvalue weighted by atomic mass is 32.2. The molecule has 1 N–H and O–H groups in total. The number of thioether (sulfide) groups is 1. The van der Waals surface area contributed by atoms with Crippen molar-refractivity contribution in [2.75, 3.05) is 12.4 Å². The lowest BCUT2D eigenvalue weighted by Crippen LogP contribution is -1.97. The highest BCUT2D eigenvalue weighted by Crippen LogP contribution is 2.14. The van der Waals surface area contributed by atoms with Crippen LogP contribution in [0.1, 0.15) is 12.7 Å². The largest absolute Gasteiger partial charge is 0.481 e. The molecule has 0 bridgehead atoms. The highest BCUT2D eigenvalue weighted by Gasteiger charge is 2.08. The van der Waals surface area contributed by atoms with Gasteiger partial charge in [0.05, 0.1) is 0 Å². The third kappa shape index (κ3) is 3.75. The number of aliphatic carboxylic acids is 1. The van der Waals surface area contributed by atoms with Gasteiger partial charge < -0.3 is 14.4 Å². The molecule has 1 aromatic heterocycles. The number of hydrogen-bond donors (Lipinski definition) is 1. The van der Waals surface area contributed by atoms with Crippen LogP contribution < -0.4 is 0 Å². The van der Waals surface area contributed by atoms with E-state index in [1.807, 2.05) is 6.92 Å². The van der Waals surface area contributed by atoms with Crippen LogP contribution in [-0.2, 0) is 16.1 Å². The number of ether oxygens (including phenoxy) is 1. The van der Waals surface area contributed by atoms with E-state index in [1.54, 1.807) is 0 Å². The lowest BCUT2D eigenvalue weighted by atomic mass is 10.7. The third-order valence-electron chi connectivity index (χ3n) is 1.20. The Morgan fingerprint density at radius 1 is 1.71 bits per heavy atom. The topological polar surface area (TPSA) is 85.5 Å². The van der Waals surface area contributed by atoms with Crippen molar-refractivity contribution >= 4 is 17.7 Å². The van der Waals surface area contributed by atoms with Crippen molar-refractivity contribution in [2.24, 2.45) is 0 Å². The van der Waals surface area contributed by atoms with E-state index < -0.39 is 5.97 Å². The standard InChI is InChI=1S/C7H10N2O4S/c1-2-12-3-5-8-7(13-9-5)14-4-6(10)11/h2-4H2,1H3,(H,10,11). The summed E-state index contributed by atoms with van der Waals surface area (Å²) in [6, 6.07) is 0. The second kappa shape index (κ2) is 5.61. The predicted molar refractivity (Wildman–Crippen MR) is 48.0 cm³/mol. The van der Waals surface area contributed by atoms with Gasteiger partial charge >= 0.3 is 5.97 Å². The molecule has 0 saturated heterocycles. The van der Waals surface area contributed by atoms with Gasteiger partial charge in [-0.15, -0.1) is 0 Å². The van der Waals surface area contributed by atoms with E-state index in [2.05, 4.69) is 10.1 Å². The lowest BCUT2D eigenvalue weighted by Gasteiger charge is -1.91. The summed E-state index contributed by atoms with van der Waals surface area (Å²) in [7, 11) is 0. The fraction of sp³-hybridized carbons (Fsp3) is 0.571. The van der Waals surface area contributed by atoms with Crippen molar-refractivity contribution in [3.05, 3.63) is 5.82 Å². The van der Waals surface area contributed by atoms with Gasteiger partial charge in [-0.1, -0.05) is 16.9 Å². The van der Waals surface area contributed by atoms with Crippen LogP contribution in [0, 0.1) is 0 Å². The van der Waals surface area contributed by atoms with Gasteiger partial charge in [0.25, 0.3) is 5.22 Å². The van der Waals surface area contributed by atoms with E-state index in [0.717, 1.165) is 11.8 Å². The number of rotatable bonds is 6. The molecule has 78 valence electrons. The maximum atomic E-state index is 10.2. The summed E-state index contributed by atoms with van der Waals surface area (Å²) in [6.45, 7) is 2.72. The van der Waals surface area contributed by atoms with Gasteiger partial charge in [0, 0.05) is 6.61 Å². The molecule has 1 rings (SSSR count). The first-order valence-corrected chi connectivity index (χ1v) is 4.96. The molecule has 6 nitrogen and oxygen atoms in total. The molecule has 0 aromatic carbocycles. The van der Waals surface area contributed by atoms with Crippen LogP contribution in [0.25, 0.3) is 0 Å². The van der Waals surface area contributed by atoms with E-state index in [1.165, 1.54) is 0 Å². The summed E-state index contributed by atoms with van der Waals surface area (Å²) in [5.74, 6) is -0.574. The SMILES string of the molecule is CCOCc1noc(SCC(=O)O)n1. The maximum Gasteiger partial charge on any atom is 0.314 e. The molecule has 1 heterocycles. The minimum absolute atomic E-state index is 0.0870. The van der Waals surface area contributed by atoms with Gasteiger partial charge in [-0.3, -0.25) is 4.79 Å². The summed E-state index contributed by atoms with van der Waals surface area (Å²) in [4.78, 5) is 14.1. The van der Waals surface area contributed by atoms with E-state index in [-0.39, 0.29) is 17.6 Å². The molecule has 0 radical (unpaired) electrons. The highest BCUT2D eigenvalue weighted by molar-refractivity contribution is 7.99. The summed E-state index contributed by atoms with van der Waals surface area (Å²) < 4.78 is 9.82. The molecule has 0 aliphatic carbocycles. The van der Waals surface area contributed by atoms with Crippen LogP contribution >= 0.6 is 11.8 Å². The second-order valence-electron chi connectivity index (χ2n) is 2.30. The minimum Gasteiger partial charge on any atom is -0.481 e. The Hall–Kier alpha value is -1.08. The zero-order valence-electron chi connectivity index (χ0n) is 7.60. The molecule has 1 aromatic rings. The molecule has 0 saturated carbocycles. The van der Waals surface area contributed by atoms with Gasteiger partial charge in [-0.05, 0) is 6.92 Å². The number of hydrogen-bond acceptors (Lipinski definition) is 6. The Labute approximate surface area is 84.6 Å². The molecule has 0 spiro atoms. The van der Waals surface area contributed by atoms with Crippen molar-refractivity contribution in [3.8, 4) is 0 Å². The first kappa shape index (κ1) is 11.0. The number of nitrogens with zero attached hydrogens (tertiary/aromatic N) is 2. The zero-order valence-corrected chi connectivity index (χ0v) is 8.41. The molecule has 0 unspecified atom stereocenters. The Morgan fingerprint density at radius 2 is 2.50 bits per heavy atom. The summed E-state index contributed by atoms with van der Waals surface area (Å²) >= 11 is 0.987. The normalized spacial score (nSPS) is 10.4. The maximum absolute atomic E-state index is 10.2. The summed E-state index contributed by atoms with van der Waals surface area (Å²) in [5, 5.41) is 12.2. The average Bonchev–Trinajstić information content (AvgIpc) is 2.59. The Morgan fingerprint density at radius 3 is 3.14 bits per heavy atom. The van der Waals surface area contributed by atoms with Crippen molar-refractivity contribution in [2.45, 2.75) is 18.8 Å². The van der Waals surface area contributed by atoms with Gasteiger partial charge in [-0.2, -0.15) is 4.98 Å². The van der Waals surface area contributed by atoms with Gasteiger partial charge in [0.1, 0.15) is 12.4 Å². The van der Waals surface area contributed by atoms with Crippen LogP contribution in [0.2, 0.25) is 0 Å². The van der Waals surface area contributed by atoms with Crippen molar-refractivity contribution in [1.82, 2.24) is 10.1 Å². The van der Waals surface area contributed by atoms with Crippen LogP contribution in [-0.4, -0.2) is 33.6 Å².